The Kier molecular flexibility index (Phi) is 15.2. The van der Waals surface area contributed by atoms with Crippen LogP contribution in [0.3, 0.4) is 0 Å². The summed E-state index contributed by atoms with van der Waals surface area (Å²) in [5, 5.41) is 2.96. The number of nitrogens with one attached hydrogen (secondary N) is 1. The first kappa shape index (κ1) is 49.1. The summed E-state index contributed by atoms with van der Waals surface area (Å²) in [4.78, 5) is 59.9. The van der Waals surface area contributed by atoms with Crippen molar-refractivity contribution >= 4 is 40.8 Å². The van der Waals surface area contributed by atoms with Gasteiger partial charge in [0, 0.05) is 57.8 Å². The van der Waals surface area contributed by atoms with Crippen molar-refractivity contribution in [1.29, 1.82) is 0 Å². The highest BCUT2D eigenvalue weighted by molar-refractivity contribution is 5.89. The molecule has 10 nitrogen and oxygen atoms in total. The van der Waals surface area contributed by atoms with Gasteiger partial charge in [-0.05, 0) is 179 Å². The number of para-hydroxylation sites is 1. The van der Waals surface area contributed by atoms with Gasteiger partial charge in [-0.3, -0.25) is 9.59 Å². The number of ether oxygens (including phenoxy) is 1. The average molecular weight is 924 g/mol. The molecule has 5 amide bonds. The second kappa shape index (κ2) is 21.1. The van der Waals surface area contributed by atoms with Crippen molar-refractivity contribution in [2.45, 2.75) is 136 Å². The molecule has 10 heteroatoms. The van der Waals surface area contributed by atoms with Crippen LogP contribution in [0.15, 0.2) is 90.0 Å². The molecular weight excluding hydrogens is 847 g/mol. The highest BCUT2D eigenvalue weighted by atomic mass is 16.6. The Balaban J connectivity index is 0.000000185. The van der Waals surface area contributed by atoms with Crippen molar-refractivity contribution in [3.8, 4) is 0 Å². The molecule has 3 aromatic carbocycles. The maximum atomic E-state index is 13.8. The van der Waals surface area contributed by atoms with Crippen LogP contribution < -0.4 is 5.32 Å². The molecule has 68 heavy (non-hydrogen) atoms. The Morgan fingerprint density at radius 2 is 1.12 bits per heavy atom. The zero-order valence-electron chi connectivity index (χ0n) is 42.2. The normalized spacial score (nSPS) is 24.2. The van der Waals surface area contributed by atoms with Crippen LogP contribution in [0.5, 0.6) is 0 Å². The minimum Gasteiger partial charge on any atom is -0.444 e. The van der Waals surface area contributed by atoms with Gasteiger partial charge in [0.15, 0.2) is 0 Å². The van der Waals surface area contributed by atoms with Crippen molar-refractivity contribution < 1.29 is 23.9 Å². The summed E-state index contributed by atoms with van der Waals surface area (Å²) in [6.45, 7) is 15.5. The lowest BCUT2D eigenvalue weighted by Crippen LogP contribution is -2.50. The van der Waals surface area contributed by atoms with Gasteiger partial charge < -0.3 is 29.7 Å². The van der Waals surface area contributed by atoms with Crippen LogP contribution in [-0.2, 0) is 27.2 Å². The van der Waals surface area contributed by atoms with Gasteiger partial charge in [0.05, 0.1) is 12.1 Å². The van der Waals surface area contributed by atoms with Crippen LogP contribution in [0.2, 0.25) is 0 Å². The molecule has 2 fully saturated rings. The topological polar surface area (TPSA) is 103 Å². The molecule has 0 spiro atoms. The molecule has 2 saturated carbocycles. The molecule has 2 aliphatic heterocycles. The average Bonchev–Trinajstić information content (AvgIpc) is 3.90. The fourth-order valence-corrected chi connectivity index (χ4v) is 12.3. The standard InChI is InChI=1S/C31H39N3O2.C27H38N2O3/c1-21(2)29-28-19-24-9-7-8-12-26(24)27(28)17-18-34(29)30(35)23-15-13-22(14-16-23)20-33(3)31(36)32-25-10-5-4-6-11-25;1-18-24-16-21-8-6-7-9-22(21)23(24)14-15-29(18)25(30)20-12-10-19(11-13-20)17-28(5)26(31)32-27(2,3)4/h4-12,21-23,29H,13-20H2,1-3H3,(H,32,36);6-9,18-20H,10-17H2,1-5H3. The number of urea groups is 1. The number of nitrogens with zero attached hydrogens (tertiary/aromatic N) is 4. The number of hydrogen-bond donors (Lipinski definition) is 1. The number of amides is 5. The van der Waals surface area contributed by atoms with Crippen molar-refractivity contribution in [3.05, 3.63) is 112 Å². The summed E-state index contributed by atoms with van der Waals surface area (Å²) in [5.41, 5.74) is 11.9. The minimum absolute atomic E-state index is 0.0749. The van der Waals surface area contributed by atoms with Gasteiger partial charge in [-0.1, -0.05) is 80.6 Å². The monoisotopic (exact) mass is 924 g/mol. The van der Waals surface area contributed by atoms with Crippen molar-refractivity contribution in [3.63, 3.8) is 0 Å². The fourth-order valence-electron chi connectivity index (χ4n) is 12.3. The first-order chi connectivity index (χ1) is 32.6. The fraction of sp³-hybridized carbons (Fsp3) is 0.552. The minimum atomic E-state index is -0.476. The zero-order valence-corrected chi connectivity index (χ0v) is 42.2. The van der Waals surface area contributed by atoms with Crippen LogP contribution in [0.4, 0.5) is 15.3 Å². The first-order valence-electron chi connectivity index (χ1n) is 25.8. The van der Waals surface area contributed by atoms with Gasteiger partial charge in [-0.15, -0.1) is 0 Å². The first-order valence-corrected chi connectivity index (χ1v) is 25.8. The molecule has 0 saturated heterocycles. The molecule has 1 N–H and O–H groups in total. The molecule has 364 valence electrons. The van der Waals surface area contributed by atoms with Gasteiger partial charge in [-0.25, -0.2) is 9.59 Å². The highest BCUT2D eigenvalue weighted by Gasteiger charge is 2.42. The van der Waals surface area contributed by atoms with Crippen molar-refractivity contribution in [1.82, 2.24) is 19.6 Å². The molecular formula is C58H77N5O5. The van der Waals surface area contributed by atoms with Gasteiger partial charge >= 0.3 is 12.1 Å². The van der Waals surface area contributed by atoms with Crippen molar-refractivity contribution in [2.24, 2.45) is 29.6 Å². The Morgan fingerprint density at radius 3 is 1.66 bits per heavy atom. The molecule has 6 aliphatic rings. The lowest BCUT2D eigenvalue weighted by molar-refractivity contribution is -0.140. The summed E-state index contributed by atoms with van der Waals surface area (Å²) in [6, 6.07) is 27.4. The summed E-state index contributed by atoms with van der Waals surface area (Å²) < 4.78 is 5.47. The summed E-state index contributed by atoms with van der Waals surface area (Å²) in [7, 11) is 3.67. The van der Waals surface area contributed by atoms with E-state index in [4.69, 9.17) is 4.74 Å². The Bertz CT molecular complexity index is 2370. The van der Waals surface area contributed by atoms with E-state index < -0.39 is 5.60 Å². The Hall–Kier alpha value is -5.38. The van der Waals surface area contributed by atoms with E-state index in [0.29, 0.717) is 36.1 Å². The SMILES string of the molecule is CC(C)C1C2=C(CCN1C(=O)C1CCC(CN(C)C(=O)Nc3ccccc3)CC1)c1ccccc1C2.CC1C2=C(CCN1C(=O)C1CCC(CN(C)C(=O)OC(C)(C)C)CC1)c1ccccc1C2. The third kappa shape index (κ3) is 11.1. The largest absolute Gasteiger partial charge is 0.444 e. The maximum Gasteiger partial charge on any atom is 0.410 e. The third-order valence-corrected chi connectivity index (χ3v) is 15.8. The maximum absolute atomic E-state index is 13.8. The molecule has 9 rings (SSSR count). The number of benzene rings is 3. The third-order valence-electron chi connectivity index (χ3n) is 15.8. The predicted octanol–water partition coefficient (Wildman–Crippen LogP) is 11.5. The highest BCUT2D eigenvalue weighted by Crippen LogP contribution is 2.45. The van der Waals surface area contributed by atoms with Crippen molar-refractivity contribution in [2.75, 3.05) is 45.6 Å². The van der Waals surface area contributed by atoms with Crippen LogP contribution in [-0.4, -0.2) is 101 Å². The summed E-state index contributed by atoms with van der Waals surface area (Å²) in [5.74, 6) is 2.20. The van der Waals surface area contributed by atoms with E-state index in [1.165, 1.54) is 44.5 Å². The van der Waals surface area contributed by atoms with E-state index >= 15 is 0 Å². The second-order valence-electron chi connectivity index (χ2n) is 22.1. The molecule has 3 aromatic rings. The van der Waals surface area contributed by atoms with E-state index in [0.717, 1.165) is 102 Å². The number of hydrogen-bond acceptors (Lipinski definition) is 5. The molecule has 0 bridgehead atoms. The van der Waals surface area contributed by atoms with E-state index in [1.807, 2.05) is 65.2 Å². The summed E-state index contributed by atoms with van der Waals surface area (Å²) >= 11 is 0. The van der Waals surface area contributed by atoms with Crippen LogP contribution in [0.25, 0.3) is 11.1 Å². The van der Waals surface area contributed by atoms with Gasteiger partial charge in [-0.2, -0.15) is 0 Å². The van der Waals surface area contributed by atoms with Crippen LogP contribution in [0, 0.1) is 29.6 Å². The predicted molar refractivity (Wildman–Crippen MR) is 273 cm³/mol. The van der Waals surface area contributed by atoms with E-state index in [-0.39, 0.29) is 36.0 Å². The number of fused-ring (bicyclic) bond motifs is 4. The molecule has 2 heterocycles. The van der Waals surface area contributed by atoms with Gasteiger partial charge in [0.2, 0.25) is 11.8 Å². The molecule has 2 atom stereocenters. The zero-order chi connectivity index (χ0) is 48.3. The number of carbonyl (C=O) groups is 4. The molecule has 4 aliphatic carbocycles. The smallest absolute Gasteiger partial charge is 0.410 e. The van der Waals surface area contributed by atoms with Gasteiger partial charge in [0.25, 0.3) is 0 Å². The second-order valence-corrected chi connectivity index (χ2v) is 22.1. The quantitative estimate of drug-likeness (QED) is 0.242. The van der Waals surface area contributed by atoms with Crippen LogP contribution >= 0.6 is 0 Å². The van der Waals surface area contributed by atoms with Gasteiger partial charge in [0.1, 0.15) is 5.60 Å². The summed E-state index contributed by atoms with van der Waals surface area (Å²) in [6.07, 6.45) is 11.3. The van der Waals surface area contributed by atoms with Crippen LogP contribution in [0.1, 0.15) is 128 Å². The number of carbonyl (C=O) groups excluding carboxylic acids is 4. The van der Waals surface area contributed by atoms with E-state index in [9.17, 15) is 19.2 Å². The molecule has 0 radical (unpaired) electrons. The van der Waals surface area contributed by atoms with E-state index in [1.54, 1.807) is 9.80 Å². The Labute approximate surface area is 406 Å². The molecule has 2 unspecified atom stereocenters. The molecule has 0 aromatic heterocycles. The lowest BCUT2D eigenvalue weighted by atomic mass is 9.79. The Morgan fingerprint density at radius 1 is 0.647 bits per heavy atom. The lowest BCUT2D eigenvalue weighted by Gasteiger charge is -2.42. The number of rotatable bonds is 8. The number of anilines is 1. The van der Waals surface area contributed by atoms with E-state index in [2.05, 4.69) is 84.4 Å².